The van der Waals surface area contributed by atoms with Gasteiger partial charge < -0.3 is 9.64 Å². The second-order valence-corrected chi connectivity index (χ2v) is 5.22. The molecular weight excluding hydrogens is 233 g/mol. The molecular formula is C13H18FN3O. The Kier molecular flexibility index (Phi) is 2.95. The predicted molar refractivity (Wildman–Crippen MR) is 66.0 cm³/mol. The smallest absolute Gasteiger partial charge is 0.220 e. The number of piperidine rings is 1. The third kappa shape index (κ3) is 1.87. The molecule has 4 nitrogen and oxygen atoms in total. The summed E-state index contributed by atoms with van der Waals surface area (Å²) in [6, 6.07) is 2.51. The molecule has 0 spiro atoms. The number of methoxy groups -OCH3 is 1. The van der Waals surface area contributed by atoms with Crippen molar-refractivity contribution in [1.82, 2.24) is 14.8 Å². The van der Waals surface area contributed by atoms with Crippen molar-refractivity contribution < 1.29 is 9.13 Å². The van der Waals surface area contributed by atoms with E-state index in [1.54, 1.807) is 0 Å². The van der Waals surface area contributed by atoms with Crippen molar-refractivity contribution in [1.29, 1.82) is 0 Å². The molecule has 2 atom stereocenters. The van der Waals surface area contributed by atoms with Crippen LogP contribution < -0.4 is 4.74 Å². The van der Waals surface area contributed by atoms with Crippen LogP contribution in [0.3, 0.4) is 0 Å². The van der Waals surface area contributed by atoms with Crippen LogP contribution >= 0.6 is 0 Å². The maximum atomic E-state index is 13.9. The van der Waals surface area contributed by atoms with E-state index in [-0.39, 0.29) is 5.82 Å². The first kappa shape index (κ1) is 11.9. The Labute approximate surface area is 106 Å². The fourth-order valence-electron chi connectivity index (χ4n) is 3.11. The molecule has 0 N–H and O–H groups in total. The van der Waals surface area contributed by atoms with E-state index in [1.165, 1.54) is 25.8 Å². The van der Waals surface area contributed by atoms with Gasteiger partial charge in [-0.15, -0.1) is 0 Å². The summed E-state index contributed by atoms with van der Waals surface area (Å²) in [6.07, 6.45) is 2.68. The van der Waals surface area contributed by atoms with Gasteiger partial charge in [0.05, 0.1) is 12.7 Å². The largest absolute Gasteiger partial charge is 0.481 e. The molecule has 2 fully saturated rings. The molecule has 1 aromatic rings. The van der Waals surface area contributed by atoms with Crippen molar-refractivity contribution in [3.8, 4) is 5.88 Å². The number of halogens is 1. The highest BCUT2D eigenvalue weighted by Gasteiger charge is 2.43. The minimum Gasteiger partial charge on any atom is -0.481 e. The van der Waals surface area contributed by atoms with Gasteiger partial charge in [-0.25, -0.2) is 9.37 Å². The van der Waals surface area contributed by atoms with Crippen LogP contribution in [0.25, 0.3) is 0 Å². The molecule has 3 heterocycles. The van der Waals surface area contributed by atoms with Crippen LogP contribution in [0.2, 0.25) is 0 Å². The lowest BCUT2D eigenvalue weighted by atomic mass is 9.87. The SMILES string of the molecule is COc1nccc(F)c1CN1C2CC1CN(C)C2. The zero-order valence-electron chi connectivity index (χ0n) is 10.8. The molecule has 2 aliphatic heterocycles. The van der Waals surface area contributed by atoms with Gasteiger partial charge in [-0.2, -0.15) is 0 Å². The highest BCUT2D eigenvalue weighted by Crippen LogP contribution is 2.34. The van der Waals surface area contributed by atoms with E-state index in [9.17, 15) is 4.39 Å². The average Bonchev–Trinajstić information content (AvgIpc) is 2.36. The Balaban J connectivity index is 1.78. The standard InChI is InChI=1S/C13H18FN3O/c1-16-6-9-5-10(7-16)17(9)8-11-12(14)3-4-15-13(11)18-2/h3-4,9-10H,5-8H2,1-2H3. The van der Waals surface area contributed by atoms with E-state index in [0.29, 0.717) is 30.1 Å². The van der Waals surface area contributed by atoms with Crippen molar-refractivity contribution in [2.24, 2.45) is 0 Å². The summed E-state index contributed by atoms with van der Waals surface area (Å²) in [6.45, 7) is 2.74. The number of aromatic nitrogens is 1. The molecule has 98 valence electrons. The number of fused-ring (bicyclic) bond motifs is 2. The number of hydrogen-bond donors (Lipinski definition) is 0. The quantitative estimate of drug-likeness (QED) is 0.805. The second kappa shape index (κ2) is 4.48. The van der Waals surface area contributed by atoms with Crippen molar-refractivity contribution >= 4 is 0 Å². The molecule has 3 rings (SSSR count). The first-order valence-corrected chi connectivity index (χ1v) is 6.30. The van der Waals surface area contributed by atoms with Crippen molar-refractivity contribution in [3.05, 3.63) is 23.6 Å². The first-order valence-electron chi connectivity index (χ1n) is 6.30. The van der Waals surface area contributed by atoms with E-state index >= 15 is 0 Å². The topological polar surface area (TPSA) is 28.6 Å². The Morgan fingerprint density at radius 3 is 2.83 bits per heavy atom. The number of ether oxygens (including phenoxy) is 1. The number of piperazine rings is 1. The normalized spacial score (nSPS) is 27.9. The minimum atomic E-state index is -0.222. The summed E-state index contributed by atoms with van der Waals surface area (Å²) in [5.74, 6) is 0.188. The number of hydrogen-bond acceptors (Lipinski definition) is 4. The fraction of sp³-hybridized carbons (Fsp3) is 0.615. The van der Waals surface area contributed by atoms with E-state index in [1.807, 2.05) is 0 Å². The number of likely N-dealkylation sites (tertiary alicyclic amines) is 2. The van der Waals surface area contributed by atoms with Crippen molar-refractivity contribution in [3.63, 3.8) is 0 Å². The van der Waals surface area contributed by atoms with Crippen LogP contribution in [-0.2, 0) is 6.54 Å². The van der Waals surface area contributed by atoms with Gasteiger partial charge in [0.25, 0.3) is 0 Å². The number of nitrogens with zero attached hydrogens (tertiary/aromatic N) is 3. The zero-order valence-corrected chi connectivity index (χ0v) is 10.8. The van der Waals surface area contributed by atoms with E-state index < -0.39 is 0 Å². The molecule has 0 amide bonds. The van der Waals surface area contributed by atoms with E-state index in [0.717, 1.165) is 13.1 Å². The van der Waals surface area contributed by atoms with Gasteiger partial charge in [0, 0.05) is 37.9 Å². The molecule has 0 saturated carbocycles. The van der Waals surface area contributed by atoms with Gasteiger partial charge in [0.15, 0.2) is 0 Å². The summed E-state index contributed by atoms with van der Waals surface area (Å²) in [7, 11) is 3.68. The molecule has 5 heteroatoms. The summed E-state index contributed by atoms with van der Waals surface area (Å²) in [5.41, 5.74) is 0.583. The molecule has 18 heavy (non-hydrogen) atoms. The number of pyridine rings is 1. The van der Waals surface area contributed by atoms with Crippen LogP contribution in [-0.4, -0.2) is 54.1 Å². The van der Waals surface area contributed by atoms with Crippen LogP contribution in [0, 0.1) is 5.82 Å². The predicted octanol–water partition coefficient (Wildman–Crippen LogP) is 1.12. The van der Waals surface area contributed by atoms with Crippen LogP contribution in [0.1, 0.15) is 12.0 Å². The zero-order chi connectivity index (χ0) is 12.7. The van der Waals surface area contributed by atoms with Crippen molar-refractivity contribution in [2.75, 3.05) is 27.2 Å². The maximum absolute atomic E-state index is 13.9. The fourth-order valence-corrected chi connectivity index (χ4v) is 3.11. The lowest BCUT2D eigenvalue weighted by molar-refractivity contribution is -0.0677. The molecule has 2 aliphatic rings. The maximum Gasteiger partial charge on any atom is 0.220 e. The summed E-state index contributed by atoms with van der Waals surface area (Å²) in [5, 5.41) is 0. The van der Waals surface area contributed by atoms with Gasteiger partial charge in [-0.3, -0.25) is 4.90 Å². The highest BCUT2D eigenvalue weighted by atomic mass is 19.1. The van der Waals surface area contributed by atoms with Crippen LogP contribution in [0.4, 0.5) is 4.39 Å². The molecule has 2 unspecified atom stereocenters. The minimum absolute atomic E-state index is 0.222. The first-order chi connectivity index (χ1) is 8.69. The van der Waals surface area contributed by atoms with Crippen LogP contribution in [0.5, 0.6) is 5.88 Å². The molecule has 0 aliphatic carbocycles. The molecule has 2 bridgehead atoms. The third-order valence-electron chi connectivity index (χ3n) is 4.02. The third-order valence-corrected chi connectivity index (χ3v) is 4.02. The summed E-state index contributed by atoms with van der Waals surface area (Å²) in [4.78, 5) is 8.78. The van der Waals surface area contributed by atoms with Crippen LogP contribution in [0.15, 0.2) is 12.3 Å². The average molecular weight is 251 g/mol. The van der Waals surface area contributed by atoms with Gasteiger partial charge >= 0.3 is 0 Å². The van der Waals surface area contributed by atoms with E-state index in [2.05, 4.69) is 21.8 Å². The Bertz CT molecular complexity index is 442. The second-order valence-electron chi connectivity index (χ2n) is 5.22. The molecule has 1 aromatic heterocycles. The Hall–Kier alpha value is -1.20. The lowest BCUT2D eigenvalue weighted by Crippen LogP contribution is -2.67. The van der Waals surface area contributed by atoms with Crippen molar-refractivity contribution in [2.45, 2.75) is 25.0 Å². The Morgan fingerprint density at radius 2 is 2.17 bits per heavy atom. The molecule has 0 radical (unpaired) electrons. The number of likely N-dealkylation sites (N-methyl/N-ethyl adjacent to an activating group) is 1. The lowest BCUT2D eigenvalue weighted by Gasteiger charge is -2.55. The van der Waals surface area contributed by atoms with Gasteiger partial charge in [0.2, 0.25) is 5.88 Å². The number of rotatable bonds is 3. The van der Waals surface area contributed by atoms with Gasteiger partial charge in [-0.1, -0.05) is 0 Å². The summed E-state index contributed by atoms with van der Waals surface area (Å²) < 4.78 is 19.0. The Morgan fingerprint density at radius 1 is 1.44 bits per heavy atom. The van der Waals surface area contributed by atoms with Gasteiger partial charge in [-0.05, 0) is 19.5 Å². The molecule has 2 saturated heterocycles. The molecule has 0 aromatic carbocycles. The van der Waals surface area contributed by atoms with E-state index in [4.69, 9.17) is 4.74 Å². The highest BCUT2D eigenvalue weighted by molar-refractivity contribution is 5.28. The van der Waals surface area contributed by atoms with Gasteiger partial charge in [0.1, 0.15) is 5.82 Å². The monoisotopic (exact) mass is 251 g/mol. The summed E-state index contributed by atoms with van der Waals surface area (Å²) >= 11 is 0.